The van der Waals surface area contributed by atoms with Gasteiger partial charge < -0.3 is 14.2 Å². The Kier molecular flexibility index (Phi) is 7.88. The zero-order valence-electron chi connectivity index (χ0n) is 19.4. The lowest BCUT2D eigenvalue weighted by atomic mass is 10.0. The molecule has 0 N–H and O–H groups in total. The van der Waals surface area contributed by atoms with E-state index >= 15 is 0 Å². The summed E-state index contributed by atoms with van der Waals surface area (Å²) in [4.78, 5) is 13.7. The number of ether oxygens (including phenoxy) is 3. The lowest BCUT2D eigenvalue weighted by molar-refractivity contribution is -0.146. The molecule has 4 aromatic carbocycles. The molecule has 0 aromatic heterocycles. The van der Waals surface area contributed by atoms with Crippen LogP contribution in [0.1, 0.15) is 13.8 Å². The maximum atomic E-state index is 11.3. The molecule has 0 saturated carbocycles. The van der Waals surface area contributed by atoms with Gasteiger partial charge in [-0.05, 0) is 55.0 Å². The number of rotatable bonds is 10. The summed E-state index contributed by atoms with van der Waals surface area (Å²) in [5.41, 5.74) is 0. The Hall–Kier alpha value is -3.28. The highest BCUT2D eigenvalue weighted by Crippen LogP contribution is 2.38. The van der Waals surface area contributed by atoms with Crippen LogP contribution in [0.4, 0.5) is 0 Å². The van der Waals surface area contributed by atoms with Crippen LogP contribution in [0, 0.1) is 0 Å². The van der Waals surface area contributed by atoms with E-state index in [-0.39, 0.29) is 18.8 Å². The van der Waals surface area contributed by atoms with Gasteiger partial charge >= 0.3 is 5.97 Å². The van der Waals surface area contributed by atoms with Crippen LogP contribution in [-0.4, -0.2) is 31.4 Å². The van der Waals surface area contributed by atoms with Crippen molar-refractivity contribution >= 4 is 39.3 Å². The van der Waals surface area contributed by atoms with Crippen molar-refractivity contribution in [3.8, 4) is 5.75 Å². The molecule has 0 aliphatic heterocycles. The highest BCUT2D eigenvalue weighted by atomic mass is 32.2. The summed E-state index contributed by atoms with van der Waals surface area (Å²) in [5.74, 6) is 0.400. The van der Waals surface area contributed by atoms with Gasteiger partial charge in [-0.1, -0.05) is 66.9 Å². The van der Waals surface area contributed by atoms with Gasteiger partial charge in [0.05, 0.1) is 12.7 Å². The molecule has 2 atom stereocenters. The number of esters is 1. The summed E-state index contributed by atoms with van der Waals surface area (Å²) in [6.07, 6.45) is 0.614. The van der Waals surface area contributed by atoms with E-state index in [1.54, 1.807) is 18.7 Å². The molecule has 0 spiro atoms. The fraction of sp³-hybridized carbons (Fsp3) is 0.207. The summed E-state index contributed by atoms with van der Waals surface area (Å²) < 4.78 is 17.4. The third kappa shape index (κ3) is 5.99. The van der Waals surface area contributed by atoms with Crippen LogP contribution in [0.5, 0.6) is 5.75 Å². The maximum Gasteiger partial charge on any atom is 0.330 e. The average molecular weight is 473 g/mol. The van der Waals surface area contributed by atoms with E-state index in [1.165, 1.54) is 4.90 Å². The summed E-state index contributed by atoms with van der Waals surface area (Å²) in [6, 6.07) is 27.3. The molecular formula is C29H28O4S. The average Bonchev–Trinajstić information content (AvgIpc) is 2.86. The Morgan fingerprint density at radius 3 is 2.38 bits per heavy atom. The smallest absolute Gasteiger partial charge is 0.330 e. The molecule has 4 nitrogen and oxygen atoms in total. The van der Waals surface area contributed by atoms with Crippen LogP contribution < -0.4 is 4.74 Å². The lowest BCUT2D eigenvalue weighted by Crippen LogP contribution is -2.25. The first-order valence-corrected chi connectivity index (χ1v) is 12.1. The quantitative estimate of drug-likeness (QED) is 0.141. The van der Waals surface area contributed by atoms with E-state index in [0.29, 0.717) is 6.61 Å². The second-order valence-electron chi connectivity index (χ2n) is 8.13. The second kappa shape index (κ2) is 11.2. The third-order valence-electron chi connectivity index (χ3n) is 5.33. The van der Waals surface area contributed by atoms with Gasteiger partial charge in [0.25, 0.3) is 0 Å². The summed E-state index contributed by atoms with van der Waals surface area (Å²) in [7, 11) is 0. The molecule has 2 unspecified atom stereocenters. The highest BCUT2D eigenvalue weighted by molar-refractivity contribution is 7.99. The molecule has 0 radical (unpaired) electrons. The van der Waals surface area contributed by atoms with Gasteiger partial charge in [-0.15, -0.1) is 0 Å². The van der Waals surface area contributed by atoms with Crippen molar-refractivity contribution in [2.24, 2.45) is 0 Å². The predicted molar refractivity (Wildman–Crippen MR) is 139 cm³/mol. The normalized spacial score (nSPS) is 12.9. The summed E-state index contributed by atoms with van der Waals surface area (Å²) in [6.45, 7) is 7.82. The van der Waals surface area contributed by atoms with Gasteiger partial charge in [-0.25, -0.2) is 4.79 Å². The van der Waals surface area contributed by atoms with E-state index in [1.807, 2.05) is 37.3 Å². The van der Waals surface area contributed by atoms with Gasteiger partial charge in [0, 0.05) is 26.6 Å². The number of hydrogen-bond donors (Lipinski definition) is 0. The van der Waals surface area contributed by atoms with E-state index in [4.69, 9.17) is 14.2 Å². The zero-order valence-corrected chi connectivity index (χ0v) is 20.2. The molecular weight excluding hydrogens is 444 g/mol. The first-order valence-electron chi connectivity index (χ1n) is 11.3. The Morgan fingerprint density at radius 1 is 0.853 bits per heavy atom. The molecule has 0 bridgehead atoms. The minimum absolute atomic E-state index is 0.180. The number of fused-ring (bicyclic) bond motifs is 2. The van der Waals surface area contributed by atoms with Crippen LogP contribution in [0.2, 0.25) is 0 Å². The molecule has 0 fully saturated rings. The van der Waals surface area contributed by atoms with Crippen molar-refractivity contribution in [3.63, 3.8) is 0 Å². The number of carbonyl (C=O) groups is 1. The molecule has 0 saturated heterocycles. The molecule has 34 heavy (non-hydrogen) atoms. The second-order valence-corrected chi connectivity index (χ2v) is 9.28. The van der Waals surface area contributed by atoms with Crippen molar-refractivity contribution in [1.29, 1.82) is 0 Å². The van der Waals surface area contributed by atoms with Gasteiger partial charge in [0.1, 0.15) is 18.5 Å². The summed E-state index contributed by atoms with van der Waals surface area (Å²) >= 11 is 1.73. The standard InChI is InChI=1S/C29H28O4S/c1-4-28(30)33-21(3)19-31-20(2)18-32-29-26-13-9-8-10-22(26)16-23-14-15-25(17-27(23)29)34-24-11-6-5-7-12-24/h4-17,20-21H,1,18-19H2,2-3H3. The Labute approximate surface area is 204 Å². The van der Waals surface area contributed by atoms with Gasteiger partial charge in [-0.2, -0.15) is 0 Å². The zero-order chi connectivity index (χ0) is 23.9. The molecule has 0 amide bonds. The molecule has 0 heterocycles. The molecule has 4 rings (SSSR count). The molecule has 174 valence electrons. The van der Waals surface area contributed by atoms with E-state index < -0.39 is 5.97 Å². The van der Waals surface area contributed by atoms with Crippen molar-refractivity contribution < 1.29 is 19.0 Å². The largest absolute Gasteiger partial charge is 0.490 e. The Balaban J connectivity index is 1.55. The fourth-order valence-corrected chi connectivity index (χ4v) is 4.55. The summed E-state index contributed by atoms with van der Waals surface area (Å²) in [5, 5.41) is 4.40. The van der Waals surface area contributed by atoms with Gasteiger partial charge in [-0.3, -0.25) is 0 Å². The van der Waals surface area contributed by atoms with Crippen molar-refractivity contribution in [2.45, 2.75) is 35.8 Å². The highest BCUT2D eigenvalue weighted by Gasteiger charge is 2.14. The number of hydrogen-bond acceptors (Lipinski definition) is 5. The van der Waals surface area contributed by atoms with E-state index in [2.05, 4.69) is 55.1 Å². The topological polar surface area (TPSA) is 44.8 Å². The van der Waals surface area contributed by atoms with Crippen LogP contribution in [-0.2, 0) is 14.3 Å². The number of carbonyl (C=O) groups excluding carboxylic acids is 1. The SMILES string of the molecule is C=CC(=O)OC(C)COC(C)COc1c2ccccc2cc2ccc(Sc3ccccc3)cc12. The molecule has 0 aliphatic rings. The first kappa shape index (κ1) is 23.9. The predicted octanol–water partition coefficient (Wildman–Crippen LogP) is 7.05. The number of benzene rings is 4. The van der Waals surface area contributed by atoms with Gasteiger partial charge in [0.2, 0.25) is 0 Å². The van der Waals surface area contributed by atoms with Crippen molar-refractivity contribution in [2.75, 3.05) is 13.2 Å². The van der Waals surface area contributed by atoms with Crippen LogP contribution >= 0.6 is 11.8 Å². The van der Waals surface area contributed by atoms with Crippen molar-refractivity contribution in [3.05, 3.63) is 91.5 Å². The van der Waals surface area contributed by atoms with Crippen LogP contribution in [0.3, 0.4) is 0 Å². The van der Waals surface area contributed by atoms with E-state index in [0.717, 1.165) is 38.3 Å². The van der Waals surface area contributed by atoms with E-state index in [9.17, 15) is 4.79 Å². The fourth-order valence-electron chi connectivity index (χ4n) is 3.67. The minimum Gasteiger partial charge on any atom is -0.490 e. The van der Waals surface area contributed by atoms with Crippen LogP contribution in [0.25, 0.3) is 21.5 Å². The Morgan fingerprint density at radius 2 is 1.59 bits per heavy atom. The molecule has 4 aromatic rings. The monoisotopic (exact) mass is 472 g/mol. The minimum atomic E-state index is -0.452. The molecule has 5 heteroatoms. The van der Waals surface area contributed by atoms with Gasteiger partial charge in [0.15, 0.2) is 0 Å². The van der Waals surface area contributed by atoms with Crippen LogP contribution in [0.15, 0.2) is 101 Å². The Bertz CT molecular complexity index is 1290. The third-order valence-corrected chi connectivity index (χ3v) is 6.32. The molecule has 0 aliphatic carbocycles. The first-order chi connectivity index (χ1) is 16.5. The maximum absolute atomic E-state index is 11.3. The lowest BCUT2D eigenvalue weighted by Gasteiger charge is -2.19. The van der Waals surface area contributed by atoms with Crippen molar-refractivity contribution in [1.82, 2.24) is 0 Å².